The summed E-state index contributed by atoms with van der Waals surface area (Å²) in [5, 5.41) is 8.73. The molecule has 0 aromatic carbocycles. The number of piperidine rings is 1. The highest BCUT2D eigenvalue weighted by molar-refractivity contribution is 5.76. The van der Waals surface area contributed by atoms with Crippen LogP contribution in [0.1, 0.15) is 52.4 Å². The Hall–Kier alpha value is -1.26. The van der Waals surface area contributed by atoms with Crippen molar-refractivity contribution in [3.63, 3.8) is 0 Å². The molecule has 1 atom stereocenters. The number of urea groups is 1. The van der Waals surface area contributed by atoms with E-state index in [1.165, 1.54) is 6.42 Å². The lowest BCUT2D eigenvalue weighted by Gasteiger charge is -2.38. The third-order valence-electron chi connectivity index (χ3n) is 3.74. The summed E-state index contributed by atoms with van der Waals surface area (Å²) in [6.45, 7) is 5.73. The van der Waals surface area contributed by atoms with Gasteiger partial charge < -0.3 is 14.9 Å². The highest BCUT2D eigenvalue weighted by atomic mass is 16.4. The molecule has 5 heteroatoms. The molecule has 1 rings (SSSR count). The maximum atomic E-state index is 12.5. The second kappa shape index (κ2) is 8.02. The summed E-state index contributed by atoms with van der Waals surface area (Å²) in [7, 11) is 0. The van der Waals surface area contributed by atoms with E-state index in [9.17, 15) is 9.59 Å². The normalized spacial score (nSPS) is 19.3. The zero-order valence-corrected chi connectivity index (χ0v) is 12.1. The van der Waals surface area contributed by atoms with Crippen LogP contribution in [0.25, 0.3) is 0 Å². The molecule has 1 N–H and O–H groups in total. The Bertz CT molecular complexity index is 305. The van der Waals surface area contributed by atoms with Crippen LogP contribution >= 0.6 is 0 Å². The summed E-state index contributed by atoms with van der Waals surface area (Å²) < 4.78 is 0. The second-order valence-electron chi connectivity index (χ2n) is 5.14. The van der Waals surface area contributed by atoms with Crippen molar-refractivity contribution in [3.05, 3.63) is 0 Å². The minimum Gasteiger partial charge on any atom is -0.481 e. The first-order valence-corrected chi connectivity index (χ1v) is 7.37. The minimum atomic E-state index is -0.852. The average molecular weight is 270 g/mol. The van der Waals surface area contributed by atoms with E-state index >= 15 is 0 Å². The molecular formula is C14H26N2O3. The summed E-state index contributed by atoms with van der Waals surface area (Å²) >= 11 is 0. The number of likely N-dealkylation sites (tertiary alicyclic amines) is 1. The van der Waals surface area contributed by atoms with E-state index in [0.717, 1.165) is 32.2 Å². The predicted octanol–water partition coefficient (Wildman–Crippen LogP) is 2.56. The van der Waals surface area contributed by atoms with Gasteiger partial charge in [0.2, 0.25) is 0 Å². The lowest BCUT2D eigenvalue weighted by Crippen LogP contribution is -2.50. The maximum absolute atomic E-state index is 12.5. The summed E-state index contributed by atoms with van der Waals surface area (Å²) in [5.74, 6) is -0.852. The molecule has 5 nitrogen and oxygen atoms in total. The lowest BCUT2D eigenvalue weighted by atomic mass is 9.98. The largest absolute Gasteiger partial charge is 0.481 e. The number of amides is 2. The highest BCUT2D eigenvalue weighted by Gasteiger charge is 2.28. The summed E-state index contributed by atoms with van der Waals surface area (Å²) in [4.78, 5) is 26.7. The number of rotatable bonds is 6. The third-order valence-corrected chi connectivity index (χ3v) is 3.74. The Morgan fingerprint density at radius 1 is 1.32 bits per heavy atom. The van der Waals surface area contributed by atoms with Crippen molar-refractivity contribution in [2.24, 2.45) is 0 Å². The quantitative estimate of drug-likeness (QED) is 0.807. The van der Waals surface area contributed by atoms with Gasteiger partial charge in [0.15, 0.2) is 0 Å². The molecule has 0 aromatic rings. The fourth-order valence-corrected chi connectivity index (χ4v) is 2.69. The number of carboxylic acids is 1. The standard InChI is InChI=1S/C14H26N2O3/c1-3-7-12-8-5-6-10-16(12)14(19)15(4-2)11-9-13(17)18/h12H,3-11H2,1-2H3,(H,17,18). The molecule has 0 radical (unpaired) electrons. The molecule has 19 heavy (non-hydrogen) atoms. The van der Waals surface area contributed by atoms with Gasteiger partial charge in [-0.2, -0.15) is 0 Å². The highest BCUT2D eigenvalue weighted by Crippen LogP contribution is 2.22. The molecule has 0 saturated carbocycles. The van der Waals surface area contributed by atoms with Gasteiger partial charge in [-0.05, 0) is 32.6 Å². The fourth-order valence-electron chi connectivity index (χ4n) is 2.69. The van der Waals surface area contributed by atoms with Crippen LogP contribution in [-0.4, -0.2) is 52.6 Å². The van der Waals surface area contributed by atoms with Crippen molar-refractivity contribution in [3.8, 4) is 0 Å². The first-order valence-electron chi connectivity index (χ1n) is 7.37. The van der Waals surface area contributed by atoms with Crippen LogP contribution < -0.4 is 0 Å². The number of nitrogens with zero attached hydrogens (tertiary/aromatic N) is 2. The number of carboxylic acid groups (broad SMARTS) is 1. The van der Waals surface area contributed by atoms with Crippen molar-refractivity contribution in [1.29, 1.82) is 0 Å². The van der Waals surface area contributed by atoms with Gasteiger partial charge in [-0.25, -0.2) is 4.79 Å². The predicted molar refractivity (Wildman–Crippen MR) is 74.1 cm³/mol. The van der Waals surface area contributed by atoms with Crippen LogP contribution in [0, 0.1) is 0 Å². The van der Waals surface area contributed by atoms with E-state index in [1.807, 2.05) is 11.8 Å². The molecule has 1 aliphatic heterocycles. The first kappa shape index (κ1) is 15.8. The monoisotopic (exact) mass is 270 g/mol. The van der Waals surface area contributed by atoms with E-state index in [-0.39, 0.29) is 12.5 Å². The molecule has 1 saturated heterocycles. The molecule has 1 aliphatic rings. The summed E-state index contributed by atoms with van der Waals surface area (Å²) in [6.07, 6.45) is 5.47. The van der Waals surface area contributed by atoms with Crippen molar-refractivity contribution in [1.82, 2.24) is 9.80 Å². The van der Waals surface area contributed by atoms with Gasteiger partial charge in [0, 0.05) is 25.7 Å². The first-order chi connectivity index (χ1) is 9.10. The summed E-state index contributed by atoms with van der Waals surface area (Å²) in [5.41, 5.74) is 0. The molecule has 110 valence electrons. The number of aliphatic carboxylic acids is 1. The zero-order valence-electron chi connectivity index (χ0n) is 12.1. The topological polar surface area (TPSA) is 60.9 Å². The van der Waals surface area contributed by atoms with Gasteiger partial charge in [0.1, 0.15) is 0 Å². The molecule has 2 amide bonds. The van der Waals surface area contributed by atoms with Gasteiger partial charge in [-0.3, -0.25) is 4.79 Å². The van der Waals surface area contributed by atoms with Crippen LogP contribution in [-0.2, 0) is 4.79 Å². The number of carbonyl (C=O) groups is 2. The molecule has 0 aliphatic carbocycles. The zero-order chi connectivity index (χ0) is 14.3. The molecule has 0 bridgehead atoms. The van der Waals surface area contributed by atoms with Crippen LogP contribution in [0.3, 0.4) is 0 Å². The number of hydrogen-bond acceptors (Lipinski definition) is 2. The second-order valence-corrected chi connectivity index (χ2v) is 5.14. The van der Waals surface area contributed by atoms with Crippen molar-refractivity contribution >= 4 is 12.0 Å². The van der Waals surface area contributed by atoms with E-state index in [2.05, 4.69) is 6.92 Å². The van der Waals surface area contributed by atoms with Gasteiger partial charge in [-0.15, -0.1) is 0 Å². The smallest absolute Gasteiger partial charge is 0.320 e. The van der Waals surface area contributed by atoms with Gasteiger partial charge >= 0.3 is 12.0 Å². The minimum absolute atomic E-state index is 0.0156. The molecule has 0 spiro atoms. The molecule has 1 heterocycles. The van der Waals surface area contributed by atoms with Crippen LogP contribution in [0.5, 0.6) is 0 Å². The van der Waals surface area contributed by atoms with E-state index < -0.39 is 5.97 Å². The van der Waals surface area contributed by atoms with E-state index in [0.29, 0.717) is 19.1 Å². The third kappa shape index (κ3) is 4.73. The Balaban J connectivity index is 2.62. The summed E-state index contributed by atoms with van der Waals surface area (Å²) in [6, 6.07) is 0.354. The fraction of sp³-hybridized carbons (Fsp3) is 0.857. The van der Waals surface area contributed by atoms with Gasteiger partial charge in [0.25, 0.3) is 0 Å². The Labute approximate surface area is 115 Å². The van der Waals surface area contributed by atoms with Crippen molar-refractivity contribution < 1.29 is 14.7 Å². The van der Waals surface area contributed by atoms with Crippen LogP contribution in [0.15, 0.2) is 0 Å². The van der Waals surface area contributed by atoms with Crippen molar-refractivity contribution in [2.75, 3.05) is 19.6 Å². The van der Waals surface area contributed by atoms with E-state index in [4.69, 9.17) is 5.11 Å². The van der Waals surface area contributed by atoms with Gasteiger partial charge in [0.05, 0.1) is 6.42 Å². The molecule has 1 fully saturated rings. The molecule has 0 aromatic heterocycles. The molecular weight excluding hydrogens is 244 g/mol. The SMILES string of the molecule is CCCC1CCCCN1C(=O)N(CC)CCC(=O)O. The Morgan fingerprint density at radius 3 is 2.63 bits per heavy atom. The lowest BCUT2D eigenvalue weighted by molar-refractivity contribution is -0.137. The van der Waals surface area contributed by atoms with Crippen molar-refractivity contribution in [2.45, 2.75) is 58.4 Å². The maximum Gasteiger partial charge on any atom is 0.320 e. The van der Waals surface area contributed by atoms with Crippen LogP contribution in [0.4, 0.5) is 4.79 Å². The average Bonchev–Trinajstić information content (AvgIpc) is 2.40. The number of carbonyl (C=O) groups excluding carboxylic acids is 1. The van der Waals surface area contributed by atoms with E-state index in [1.54, 1.807) is 4.90 Å². The Morgan fingerprint density at radius 2 is 2.05 bits per heavy atom. The molecule has 1 unspecified atom stereocenters. The van der Waals surface area contributed by atoms with Crippen LogP contribution in [0.2, 0.25) is 0 Å². The number of hydrogen-bond donors (Lipinski definition) is 1. The Kier molecular flexibility index (Phi) is 6.67. The van der Waals surface area contributed by atoms with Gasteiger partial charge in [-0.1, -0.05) is 13.3 Å².